The van der Waals surface area contributed by atoms with E-state index in [0.29, 0.717) is 5.02 Å². The van der Waals surface area contributed by atoms with E-state index in [0.717, 1.165) is 24.2 Å². The number of hydrogen-bond acceptors (Lipinski definition) is 4. The number of aromatic nitrogens is 2. The van der Waals surface area contributed by atoms with E-state index in [-0.39, 0.29) is 0 Å². The lowest BCUT2D eigenvalue weighted by atomic mass is 10.2. The van der Waals surface area contributed by atoms with Gasteiger partial charge >= 0.3 is 0 Å². The van der Waals surface area contributed by atoms with Gasteiger partial charge in [0.15, 0.2) is 8.29 Å². The quantitative estimate of drug-likeness (QED) is 0.354. The van der Waals surface area contributed by atoms with Crippen molar-refractivity contribution < 1.29 is 0 Å². The molecule has 112 valence electrons. The maximum absolute atomic E-state index is 5.91. The van der Waals surface area contributed by atoms with Crippen LogP contribution in [0.5, 0.6) is 0 Å². The molecule has 0 bridgehead atoms. The van der Waals surface area contributed by atoms with E-state index < -0.39 is 0 Å². The van der Waals surface area contributed by atoms with E-state index in [9.17, 15) is 0 Å². The summed E-state index contributed by atoms with van der Waals surface area (Å²) in [6.45, 7) is 0. The van der Waals surface area contributed by atoms with Gasteiger partial charge in [-0.25, -0.2) is 4.68 Å². The van der Waals surface area contributed by atoms with Gasteiger partial charge in [0.2, 0.25) is 0 Å². The maximum atomic E-state index is 5.91. The summed E-state index contributed by atoms with van der Waals surface area (Å²) in [4.78, 5) is 0. The highest BCUT2D eigenvalue weighted by Crippen LogP contribution is 2.27. The summed E-state index contributed by atoms with van der Waals surface area (Å²) >= 11 is 18.0. The second kappa shape index (κ2) is 7.27. The molecule has 0 fully saturated rings. The Morgan fingerprint density at radius 2 is 1.82 bits per heavy atom. The summed E-state index contributed by atoms with van der Waals surface area (Å²) in [7, 11) is 0. The molecule has 1 aromatic heterocycles. The minimum absolute atomic E-state index is 0.704. The van der Waals surface area contributed by atoms with Crippen LogP contribution < -0.4 is 0 Å². The monoisotopic (exact) mass is 428 g/mol. The number of thioether (sulfide) groups is 1. The average Bonchev–Trinajstić information content (AvgIpc) is 2.89. The Labute approximate surface area is 155 Å². The van der Waals surface area contributed by atoms with Crippen LogP contribution in [0, 0.1) is 3.95 Å². The maximum Gasteiger partial charge on any atom is 0.184 e. The minimum Gasteiger partial charge on any atom is -0.211 e. The summed E-state index contributed by atoms with van der Waals surface area (Å²) in [5.74, 6) is 0.871. The Morgan fingerprint density at radius 1 is 1.14 bits per heavy atom. The number of rotatable bonds is 4. The van der Waals surface area contributed by atoms with Crippen molar-refractivity contribution in [3.05, 3.63) is 67.5 Å². The van der Waals surface area contributed by atoms with Crippen LogP contribution in [-0.2, 0) is 5.75 Å². The first-order chi connectivity index (χ1) is 10.6. The van der Waals surface area contributed by atoms with Crippen LogP contribution in [0.2, 0.25) is 5.02 Å². The Bertz CT molecular complexity index is 825. The number of benzene rings is 2. The molecule has 0 aliphatic heterocycles. The molecule has 0 saturated heterocycles. The molecule has 0 unspecified atom stereocenters. The predicted molar refractivity (Wildman–Crippen MR) is 101 cm³/mol. The van der Waals surface area contributed by atoms with Crippen LogP contribution >= 0.6 is 62.8 Å². The Kier molecular flexibility index (Phi) is 5.36. The second-order valence-electron chi connectivity index (χ2n) is 4.44. The van der Waals surface area contributed by atoms with Crippen molar-refractivity contribution in [2.45, 2.75) is 10.1 Å². The molecule has 0 aliphatic rings. The number of hydrogen-bond donors (Lipinski definition) is 0. The minimum atomic E-state index is 0.704. The molecule has 0 radical (unpaired) electrons. The molecule has 0 spiro atoms. The summed E-state index contributed by atoms with van der Waals surface area (Å²) < 4.78 is 4.56. The van der Waals surface area contributed by atoms with Crippen LogP contribution in [0.25, 0.3) is 5.69 Å². The molecule has 0 saturated carbocycles. The van der Waals surface area contributed by atoms with Crippen molar-refractivity contribution in [3.8, 4) is 5.69 Å². The third-order valence-electron chi connectivity index (χ3n) is 2.88. The zero-order valence-electron chi connectivity index (χ0n) is 11.2. The highest BCUT2D eigenvalue weighted by molar-refractivity contribution is 9.10. The fourth-order valence-electron chi connectivity index (χ4n) is 1.79. The summed E-state index contributed by atoms with van der Waals surface area (Å²) in [5.41, 5.74) is 2.19. The third-order valence-corrected chi connectivity index (χ3v) is 6.09. The van der Waals surface area contributed by atoms with Gasteiger partial charge < -0.3 is 0 Å². The lowest BCUT2D eigenvalue weighted by Gasteiger charge is -2.01. The molecule has 2 aromatic carbocycles. The van der Waals surface area contributed by atoms with Crippen LogP contribution in [0.3, 0.4) is 0 Å². The molecule has 0 atom stereocenters. The van der Waals surface area contributed by atoms with Crippen molar-refractivity contribution in [2.75, 3.05) is 0 Å². The molecular formula is C15H10BrClN2S3. The van der Waals surface area contributed by atoms with Crippen molar-refractivity contribution in [1.82, 2.24) is 9.78 Å². The van der Waals surface area contributed by atoms with E-state index in [1.54, 1.807) is 16.4 Å². The molecule has 22 heavy (non-hydrogen) atoms. The molecule has 0 amide bonds. The van der Waals surface area contributed by atoms with Gasteiger partial charge in [0.25, 0.3) is 0 Å². The van der Waals surface area contributed by atoms with Crippen LogP contribution in [-0.4, -0.2) is 9.78 Å². The number of halogens is 2. The zero-order chi connectivity index (χ0) is 15.5. The second-order valence-corrected chi connectivity index (χ2v) is 8.63. The first kappa shape index (κ1) is 16.2. The molecule has 2 nitrogen and oxygen atoms in total. The van der Waals surface area contributed by atoms with Gasteiger partial charge in [-0.3, -0.25) is 0 Å². The topological polar surface area (TPSA) is 17.8 Å². The molecule has 3 aromatic rings. The Morgan fingerprint density at radius 3 is 2.50 bits per heavy atom. The van der Waals surface area contributed by atoms with Crippen LogP contribution in [0.1, 0.15) is 5.56 Å². The fourth-order valence-corrected chi connectivity index (χ4v) is 4.50. The van der Waals surface area contributed by atoms with E-state index >= 15 is 0 Å². The first-order valence-corrected chi connectivity index (χ1v) is 9.73. The van der Waals surface area contributed by atoms with E-state index in [2.05, 4.69) is 33.2 Å². The SMILES string of the molecule is S=c1sc(SCc2ccc(Br)cc2)nn1-c1ccc(Cl)cc1. The third kappa shape index (κ3) is 4.00. The Hall–Kier alpha value is -0.660. The van der Waals surface area contributed by atoms with E-state index in [1.165, 1.54) is 16.9 Å². The summed E-state index contributed by atoms with van der Waals surface area (Å²) in [5, 5.41) is 5.29. The van der Waals surface area contributed by atoms with Crippen molar-refractivity contribution >= 4 is 62.8 Å². The lowest BCUT2D eigenvalue weighted by Crippen LogP contribution is -1.95. The zero-order valence-corrected chi connectivity index (χ0v) is 16.0. The summed E-state index contributed by atoms with van der Waals surface area (Å²) in [6.07, 6.45) is 0. The number of nitrogens with zero attached hydrogens (tertiary/aromatic N) is 2. The lowest BCUT2D eigenvalue weighted by molar-refractivity contribution is 0.829. The van der Waals surface area contributed by atoms with Crippen molar-refractivity contribution in [2.24, 2.45) is 0 Å². The molecule has 7 heteroatoms. The van der Waals surface area contributed by atoms with Gasteiger partial charge in [-0.1, -0.05) is 62.8 Å². The molecular weight excluding hydrogens is 420 g/mol. The summed E-state index contributed by atoms with van der Waals surface area (Å²) in [6, 6.07) is 15.8. The van der Waals surface area contributed by atoms with Crippen LogP contribution in [0.15, 0.2) is 57.3 Å². The smallest absolute Gasteiger partial charge is 0.184 e. The van der Waals surface area contributed by atoms with Gasteiger partial charge in [-0.2, -0.15) is 0 Å². The standard InChI is InChI=1S/C15H10BrClN2S3/c16-11-3-1-10(2-4-11)9-21-14-18-19(15(20)22-14)13-7-5-12(17)6-8-13/h1-8H,9H2. The first-order valence-electron chi connectivity index (χ1n) is 6.35. The van der Waals surface area contributed by atoms with E-state index in [4.69, 9.17) is 23.8 Å². The molecule has 1 heterocycles. The van der Waals surface area contributed by atoms with Gasteiger partial charge in [0, 0.05) is 15.2 Å². The highest BCUT2D eigenvalue weighted by Gasteiger charge is 2.07. The van der Waals surface area contributed by atoms with Gasteiger partial charge in [-0.05, 0) is 54.2 Å². The van der Waals surface area contributed by atoms with Crippen molar-refractivity contribution in [1.29, 1.82) is 0 Å². The average molecular weight is 430 g/mol. The molecule has 0 aliphatic carbocycles. The van der Waals surface area contributed by atoms with Gasteiger partial charge in [0.05, 0.1) is 5.69 Å². The van der Waals surface area contributed by atoms with Crippen LogP contribution in [0.4, 0.5) is 0 Å². The van der Waals surface area contributed by atoms with E-state index in [1.807, 2.05) is 36.4 Å². The molecule has 3 rings (SSSR count). The largest absolute Gasteiger partial charge is 0.211 e. The predicted octanol–water partition coefficient (Wildman–Crippen LogP) is 6.37. The Balaban J connectivity index is 1.76. The fraction of sp³-hybridized carbons (Fsp3) is 0.0667. The molecule has 0 N–H and O–H groups in total. The van der Waals surface area contributed by atoms with Gasteiger partial charge in [-0.15, -0.1) is 5.10 Å². The normalized spacial score (nSPS) is 10.8. The van der Waals surface area contributed by atoms with Gasteiger partial charge in [0.1, 0.15) is 0 Å². The van der Waals surface area contributed by atoms with Crippen molar-refractivity contribution in [3.63, 3.8) is 0 Å². The highest BCUT2D eigenvalue weighted by atomic mass is 79.9.